The second kappa shape index (κ2) is 5.61. The molecule has 0 amide bonds. The summed E-state index contributed by atoms with van der Waals surface area (Å²) in [4.78, 5) is 0. The number of fused-ring (bicyclic) bond motifs is 2. The van der Waals surface area contributed by atoms with E-state index in [1.54, 1.807) is 0 Å². The van der Waals surface area contributed by atoms with Crippen LogP contribution in [0.25, 0.3) is 10.8 Å². The molecule has 0 radical (unpaired) electrons. The number of hydrogen-bond donors (Lipinski definition) is 1. The van der Waals surface area contributed by atoms with E-state index < -0.39 is 0 Å². The summed E-state index contributed by atoms with van der Waals surface area (Å²) in [5, 5.41) is 12.9. The lowest BCUT2D eigenvalue weighted by molar-refractivity contribution is 0.0449. The van der Waals surface area contributed by atoms with Gasteiger partial charge in [-0.25, -0.2) is 0 Å². The van der Waals surface area contributed by atoms with Crippen LogP contribution in [0.1, 0.15) is 56.9 Å². The maximum absolute atomic E-state index is 10.8. The minimum absolute atomic E-state index is 0.469. The molecule has 116 valence electrons. The standard InChI is InChI=1S/C21H26O/c22-20-17(12-11-16-7-1-2-10-19(16)20)15-21-13-5-3-8-18(21)9-4-6-14-21/h1-2,7,10-12,18,22H,3-6,8-9,13-15H2. The summed E-state index contributed by atoms with van der Waals surface area (Å²) in [6.07, 6.45) is 12.2. The highest BCUT2D eigenvalue weighted by molar-refractivity contribution is 5.89. The highest BCUT2D eigenvalue weighted by Gasteiger charge is 2.42. The second-order valence-corrected chi connectivity index (χ2v) is 7.52. The molecule has 2 aliphatic rings. The smallest absolute Gasteiger partial charge is 0.126 e. The van der Waals surface area contributed by atoms with Crippen LogP contribution in [0.15, 0.2) is 36.4 Å². The molecule has 22 heavy (non-hydrogen) atoms. The first-order valence-electron chi connectivity index (χ1n) is 8.98. The fraction of sp³-hybridized carbons (Fsp3) is 0.524. The molecule has 0 atom stereocenters. The van der Waals surface area contributed by atoms with Crippen molar-refractivity contribution >= 4 is 10.8 Å². The zero-order valence-corrected chi connectivity index (χ0v) is 13.4. The van der Waals surface area contributed by atoms with Crippen LogP contribution in [0.3, 0.4) is 0 Å². The fourth-order valence-corrected chi connectivity index (χ4v) is 5.17. The Balaban J connectivity index is 1.71. The molecule has 1 nitrogen and oxygen atoms in total. The van der Waals surface area contributed by atoms with E-state index in [-0.39, 0.29) is 0 Å². The summed E-state index contributed by atoms with van der Waals surface area (Å²) in [5.74, 6) is 1.42. The Labute approximate surface area is 133 Å². The summed E-state index contributed by atoms with van der Waals surface area (Å²) in [6, 6.07) is 12.5. The predicted molar refractivity (Wildman–Crippen MR) is 92.2 cm³/mol. The van der Waals surface area contributed by atoms with Gasteiger partial charge >= 0.3 is 0 Å². The van der Waals surface area contributed by atoms with E-state index in [0.717, 1.165) is 23.1 Å². The van der Waals surface area contributed by atoms with Gasteiger partial charge < -0.3 is 5.11 Å². The first-order valence-corrected chi connectivity index (χ1v) is 8.98. The lowest BCUT2D eigenvalue weighted by Gasteiger charge is -2.48. The molecule has 0 unspecified atom stereocenters. The molecule has 2 saturated carbocycles. The van der Waals surface area contributed by atoms with Gasteiger partial charge in [0.15, 0.2) is 0 Å². The molecular formula is C21H26O. The van der Waals surface area contributed by atoms with Crippen molar-refractivity contribution in [3.05, 3.63) is 42.0 Å². The first-order chi connectivity index (χ1) is 10.8. The zero-order valence-electron chi connectivity index (χ0n) is 13.4. The van der Waals surface area contributed by atoms with Crippen molar-refractivity contribution in [2.75, 3.05) is 0 Å². The van der Waals surface area contributed by atoms with Gasteiger partial charge in [-0.3, -0.25) is 0 Å². The third kappa shape index (κ3) is 2.31. The summed E-state index contributed by atoms with van der Waals surface area (Å²) in [7, 11) is 0. The van der Waals surface area contributed by atoms with Crippen LogP contribution >= 0.6 is 0 Å². The average Bonchev–Trinajstić information content (AvgIpc) is 2.58. The van der Waals surface area contributed by atoms with Crippen molar-refractivity contribution in [3.8, 4) is 5.75 Å². The third-order valence-corrected chi connectivity index (χ3v) is 6.35. The molecule has 2 fully saturated rings. The van der Waals surface area contributed by atoms with Gasteiger partial charge in [0.2, 0.25) is 0 Å². The van der Waals surface area contributed by atoms with E-state index in [1.807, 2.05) is 18.2 Å². The van der Waals surface area contributed by atoms with Crippen molar-refractivity contribution in [2.45, 2.75) is 57.8 Å². The number of phenols is 1. The molecule has 2 aromatic rings. The number of phenolic OH excluding ortho intramolecular Hbond substituents is 1. The number of hydrogen-bond acceptors (Lipinski definition) is 1. The zero-order chi connectivity index (χ0) is 15.0. The second-order valence-electron chi connectivity index (χ2n) is 7.52. The van der Waals surface area contributed by atoms with Gasteiger partial charge in [0, 0.05) is 5.39 Å². The maximum Gasteiger partial charge on any atom is 0.126 e. The van der Waals surface area contributed by atoms with E-state index >= 15 is 0 Å². The molecule has 0 saturated heterocycles. The van der Waals surface area contributed by atoms with E-state index in [0.29, 0.717) is 11.2 Å². The lowest BCUT2D eigenvalue weighted by Crippen LogP contribution is -2.38. The highest BCUT2D eigenvalue weighted by Crippen LogP contribution is 2.53. The summed E-state index contributed by atoms with van der Waals surface area (Å²) in [5.41, 5.74) is 1.64. The molecule has 0 spiro atoms. The van der Waals surface area contributed by atoms with E-state index in [1.165, 1.54) is 56.9 Å². The molecule has 2 aliphatic carbocycles. The predicted octanol–water partition coefficient (Wildman–Crippen LogP) is 5.84. The van der Waals surface area contributed by atoms with Crippen molar-refractivity contribution in [1.82, 2.24) is 0 Å². The Hall–Kier alpha value is -1.50. The largest absolute Gasteiger partial charge is 0.507 e. The Morgan fingerprint density at radius 2 is 1.64 bits per heavy atom. The summed E-state index contributed by atoms with van der Waals surface area (Å²) >= 11 is 0. The molecule has 0 aromatic heterocycles. The Kier molecular flexibility index (Phi) is 3.60. The normalized spacial score (nSPS) is 28.5. The van der Waals surface area contributed by atoms with Gasteiger partial charge in [0.1, 0.15) is 5.75 Å². The third-order valence-electron chi connectivity index (χ3n) is 6.35. The Morgan fingerprint density at radius 1 is 0.909 bits per heavy atom. The van der Waals surface area contributed by atoms with Crippen LogP contribution in [0.5, 0.6) is 5.75 Å². The molecule has 4 rings (SSSR count). The van der Waals surface area contributed by atoms with Crippen molar-refractivity contribution < 1.29 is 5.11 Å². The van der Waals surface area contributed by atoms with E-state index in [4.69, 9.17) is 0 Å². The van der Waals surface area contributed by atoms with Gasteiger partial charge in [0.05, 0.1) is 0 Å². The average molecular weight is 294 g/mol. The lowest BCUT2D eigenvalue weighted by atomic mass is 9.57. The van der Waals surface area contributed by atoms with E-state index in [2.05, 4.69) is 18.2 Å². The van der Waals surface area contributed by atoms with Crippen LogP contribution in [0, 0.1) is 11.3 Å². The Bertz CT molecular complexity index is 661. The van der Waals surface area contributed by atoms with Gasteiger partial charge in [-0.05, 0) is 54.4 Å². The quantitative estimate of drug-likeness (QED) is 0.738. The van der Waals surface area contributed by atoms with Gasteiger partial charge in [-0.15, -0.1) is 0 Å². The summed E-state index contributed by atoms with van der Waals surface area (Å²) in [6.45, 7) is 0. The van der Waals surface area contributed by atoms with Crippen molar-refractivity contribution in [1.29, 1.82) is 0 Å². The van der Waals surface area contributed by atoms with Gasteiger partial charge in [0.25, 0.3) is 0 Å². The SMILES string of the molecule is Oc1c(CC23CCCCC2CCCC3)ccc2ccccc12. The Morgan fingerprint density at radius 3 is 2.41 bits per heavy atom. The van der Waals surface area contributed by atoms with Gasteiger partial charge in [-0.2, -0.15) is 0 Å². The molecule has 0 bridgehead atoms. The van der Waals surface area contributed by atoms with Crippen LogP contribution in [-0.2, 0) is 6.42 Å². The molecular weight excluding hydrogens is 268 g/mol. The van der Waals surface area contributed by atoms with Crippen molar-refractivity contribution in [2.24, 2.45) is 11.3 Å². The summed E-state index contributed by atoms with van der Waals surface area (Å²) < 4.78 is 0. The monoisotopic (exact) mass is 294 g/mol. The van der Waals surface area contributed by atoms with Crippen LogP contribution < -0.4 is 0 Å². The number of rotatable bonds is 2. The van der Waals surface area contributed by atoms with Crippen molar-refractivity contribution in [3.63, 3.8) is 0 Å². The number of benzene rings is 2. The van der Waals surface area contributed by atoms with Crippen LogP contribution in [0.2, 0.25) is 0 Å². The van der Waals surface area contributed by atoms with Crippen LogP contribution in [0.4, 0.5) is 0 Å². The molecule has 2 aromatic carbocycles. The van der Waals surface area contributed by atoms with Gasteiger partial charge in [-0.1, -0.05) is 62.1 Å². The minimum atomic E-state index is 0.469. The molecule has 0 aliphatic heterocycles. The highest BCUT2D eigenvalue weighted by atomic mass is 16.3. The van der Waals surface area contributed by atoms with Crippen LogP contribution in [-0.4, -0.2) is 5.11 Å². The molecule has 1 heteroatoms. The fourth-order valence-electron chi connectivity index (χ4n) is 5.17. The first kappa shape index (κ1) is 14.1. The minimum Gasteiger partial charge on any atom is -0.507 e. The maximum atomic E-state index is 10.8. The molecule has 0 heterocycles. The molecule has 1 N–H and O–H groups in total. The van der Waals surface area contributed by atoms with E-state index in [9.17, 15) is 5.11 Å². The number of aromatic hydroxyl groups is 1. The topological polar surface area (TPSA) is 20.2 Å².